The number of benzene rings is 1. The Hall–Kier alpha value is -2.55. The van der Waals surface area contributed by atoms with Crippen molar-refractivity contribution < 1.29 is 36.0 Å². The van der Waals surface area contributed by atoms with Gasteiger partial charge in [-0.15, -0.1) is 12.4 Å². The molecule has 2 aromatic heterocycles. The number of carbonyl (C=O) groups excluding carboxylic acids is 2. The highest BCUT2D eigenvalue weighted by atomic mass is 35.5. The quantitative estimate of drug-likeness (QED) is 0.378. The zero-order chi connectivity index (χ0) is 21.3. The van der Waals surface area contributed by atoms with Gasteiger partial charge < -0.3 is 32.2 Å². The summed E-state index contributed by atoms with van der Waals surface area (Å²) < 4.78 is 15.9. The minimum absolute atomic E-state index is 0. The summed E-state index contributed by atoms with van der Waals surface area (Å²) in [7, 11) is 2.03. The highest BCUT2D eigenvalue weighted by Crippen LogP contribution is 2.34. The molecule has 1 aliphatic carbocycles. The largest absolute Gasteiger partial charge is 1.00 e. The number of aromatic nitrogens is 3. The first-order chi connectivity index (χ1) is 14.5. The molecule has 32 heavy (non-hydrogen) atoms. The average Bonchev–Trinajstić information content (AvgIpc) is 3.25. The summed E-state index contributed by atoms with van der Waals surface area (Å²) in [5, 5.41) is 1.04. The van der Waals surface area contributed by atoms with Crippen LogP contribution < -0.4 is 22.7 Å². The zero-order valence-electron chi connectivity index (χ0n) is 18.1. The van der Waals surface area contributed by atoms with Crippen LogP contribution in [-0.4, -0.2) is 34.2 Å². The van der Waals surface area contributed by atoms with E-state index in [1.165, 1.54) is 0 Å². The van der Waals surface area contributed by atoms with Crippen LogP contribution in [0.4, 0.5) is 4.79 Å². The molecule has 0 saturated carbocycles. The topological polar surface area (TPSA) is 92.4 Å². The molecule has 4 rings (SSSR count). The standard InChI is InChI=1S/C22H27N4O4.2ClH/c1-15-25(10-11-26(15)14-30-22(28)29-12-9-23)13-16-7-8-19-20(21(16)27)17-5-3-4-6-18(17)24(19)2;;/h3-6,10-11,16H,7-9,12-14,23H2,1-2H3;2*1H/q+1;;/p-1. The molecule has 2 heterocycles. The number of ether oxygens (including phenoxy) is 2. The molecule has 3 aromatic rings. The van der Waals surface area contributed by atoms with Crippen LogP contribution in [0.15, 0.2) is 36.7 Å². The van der Waals surface area contributed by atoms with Crippen molar-refractivity contribution in [3.8, 4) is 0 Å². The molecule has 0 spiro atoms. The third-order valence-electron chi connectivity index (χ3n) is 5.91. The molecule has 1 aromatic carbocycles. The Balaban J connectivity index is 0.00000181. The van der Waals surface area contributed by atoms with Gasteiger partial charge in [-0.05, 0) is 18.9 Å². The molecular weight excluding hydrogens is 455 g/mol. The van der Waals surface area contributed by atoms with Gasteiger partial charge in [0.1, 0.15) is 25.5 Å². The lowest BCUT2D eigenvalue weighted by molar-refractivity contribution is -0.732. The van der Waals surface area contributed by atoms with Crippen LogP contribution >= 0.6 is 12.4 Å². The number of nitrogens with zero attached hydrogens (tertiary/aromatic N) is 3. The van der Waals surface area contributed by atoms with Gasteiger partial charge in [-0.2, -0.15) is 4.57 Å². The molecule has 174 valence electrons. The summed E-state index contributed by atoms with van der Waals surface area (Å²) >= 11 is 0. The van der Waals surface area contributed by atoms with Crippen LogP contribution in [0.25, 0.3) is 10.9 Å². The minimum atomic E-state index is -0.744. The van der Waals surface area contributed by atoms with Crippen molar-refractivity contribution in [2.24, 2.45) is 18.7 Å². The van der Waals surface area contributed by atoms with E-state index in [1.807, 2.05) is 49.1 Å². The lowest BCUT2D eigenvalue weighted by Crippen LogP contribution is -3.00. The van der Waals surface area contributed by atoms with Gasteiger partial charge in [-0.25, -0.2) is 9.36 Å². The Morgan fingerprint density at radius 3 is 2.78 bits per heavy atom. The number of hydrogen-bond acceptors (Lipinski definition) is 5. The molecule has 8 nitrogen and oxygen atoms in total. The first-order valence-electron chi connectivity index (χ1n) is 10.2. The second-order valence-electron chi connectivity index (χ2n) is 7.63. The van der Waals surface area contributed by atoms with E-state index in [-0.39, 0.29) is 56.4 Å². The SMILES string of the molecule is Cc1n(CC2CCc3c(c4ccccc4n3C)C2=O)cc[n+]1COC(=O)OCCN.Cl.[Cl-]. The second-order valence-corrected chi connectivity index (χ2v) is 7.63. The van der Waals surface area contributed by atoms with Crippen molar-refractivity contribution in [2.45, 2.75) is 33.0 Å². The summed E-state index contributed by atoms with van der Waals surface area (Å²) in [6.45, 7) is 2.96. The van der Waals surface area contributed by atoms with E-state index in [9.17, 15) is 9.59 Å². The number of rotatable bonds is 6. The van der Waals surface area contributed by atoms with Gasteiger partial charge in [0, 0.05) is 42.7 Å². The van der Waals surface area contributed by atoms with Crippen LogP contribution in [0.5, 0.6) is 0 Å². The average molecular weight is 483 g/mol. The maximum absolute atomic E-state index is 13.4. The van der Waals surface area contributed by atoms with Crippen LogP contribution in [0, 0.1) is 12.8 Å². The van der Waals surface area contributed by atoms with Gasteiger partial charge in [-0.1, -0.05) is 18.2 Å². The first-order valence-corrected chi connectivity index (χ1v) is 10.2. The van der Waals surface area contributed by atoms with E-state index in [2.05, 4.69) is 10.6 Å². The van der Waals surface area contributed by atoms with E-state index in [4.69, 9.17) is 15.2 Å². The minimum Gasteiger partial charge on any atom is -1.00 e. The summed E-state index contributed by atoms with van der Waals surface area (Å²) in [6, 6.07) is 8.08. The van der Waals surface area contributed by atoms with Crippen LogP contribution in [0.2, 0.25) is 0 Å². The molecule has 0 radical (unpaired) electrons. The lowest BCUT2D eigenvalue weighted by atomic mass is 9.85. The fourth-order valence-corrected chi connectivity index (χ4v) is 4.25. The lowest BCUT2D eigenvalue weighted by Gasteiger charge is -2.21. The summed E-state index contributed by atoms with van der Waals surface area (Å²) in [4.78, 5) is 24.9. The van der Waals surface area contributed by atoms with Crippen LogP contribution in [-0.2, 0) is 36.2 Å². The van der Waals surface area contributed by atoms with E-state index in [0.717, 1.165) is 40.8 Å². The molecule has 0 fully saturated rings. The summed E-state index contributed by atoms with van der Waals surface area (Å²) in [6.07, 6.45) is 4.70. The number of carbonyl (C=O) groups is 2. The van der Waals surface area contributed by atoms with E-state index >= 15 is 0 Å². The number of hydrogen-bond donors (Lipinski definition) is 1. The smallest absolute Gasteiger partial charge is 0.511 e. The van der Waals surface area contributed by atoms with Crippen molar-refractivity contribution in [1.82, 2.24) is 9.13 Å². The predicted octanol–water partition coefficient (Wildman–Crippen LogP) is -0.484. The van der Waals surface area contributed by atoms with Crippen molar-refractivity contribution in [3.63, 3.8) is 0 Å². The molecule has 0 aliphatic heterocycles. The summed E-state index contributed by atoms with van der Waals surface area (Å²) in [5.41, 5.74) is 8.40. The van der Waals surface area contributed by atoms with Crippen molar-refractivity contribution in [2.75, 3.05) is 13.2 Å². The molecule has 1 unspecified atom stereocenters. The van der Waals surface area contributed by atoms with Crippen LogP contribution in [0.1, 0.15) is 28.3 Å². The molecular formula is C22H28Cl2N4O4. The zero-order valence-corrected chi connectivity index (χ0v) is 19.7. The van der Waals surface area contributed by atoms with Crippen molar-refractivity contribution in [1.29, 1.82) is 0 Å². The number of nitrogens with two attached hydrogens (primary N) is 1. The number of halogens is 2. The molecule has 1 atom stereocenters. The van der Waals surface area contributed by atoms with Gasteiger partial charge in [0.05, 0.1) is 5.92 Å². The van der Waals surface area contributed by atoms with Gasteiger partial charge in [0.2, 0.25) is 6.73 Å². The van der Waals surface area contributed by atoms with Gasteiger partial charge >= 0.3 is 6.16 Å². The molecule has 1 aliphatic rings. The van der Waals surface area contributed by atoms with Crippen molar-refractivity contribution >= 4 is 35.2 Å². The molecule has 0 amide bonds. The third kappa shape index (κ3) is 4.77. The highest BCUT2D eigenvalue weighted by molar-refractivity contribution is 6.11. The number of Topliss-reactive ketones (excluding diaryl/α,β-unsaturated/α-hetero) is 1. The van der Waals surface area contributed by atoms with Gasteiger partial charge in [-0.3, -0.25) is 4.79 Å². The third-order valence-corrected chi connectivity index (χ3v) is 5.91. The Bertz CT molecular complexity index is 1110. The van der Waals surface area contributed by atoms with E-state index in [0.29, 0.717) is 6.54 Å². The second kappa shape index (κ2) is 10.8. The molecule has 0 bridgehead atoms. The van der Waals surface area contributed by atoms with Gasteiger partial charge in [0.25, 0.3) is 5.82 Å². The highest BCUT2D eigenvalue weighted by Gasteiger charge is 2.33. The number of aryl methyl sites for hydroxylation is 1. The molecule has 2 N–H and O–H groups in total. The number of fused-ring (bicyclic) bond motifs is 3. The number of ketones is 1. The normalized spacial score (nSPS) is 15.0. The Morgan fingerprint density at radius 2 is 2.03 bits per heavy atom. The predicted molar refractivity (Wildman–Crippen MR) is 117 cm³/mol. The van der Waals surface area contributed by atoms with Crippen molar-refractivity contribution in [3.05, 3.63) is 53.7 Å². The Morgan fingerprint density at radius 1 is 1.28 bits per heavy atom. The maximum atomic E-state index is 13.4. The summed E-state index contributed by atoms with van der Waals surface area (Å²) in [5.74, 6) is 1.02. The van der Waals surface area contributed by atoms with E-state index in [1.54, 1.807) is 4.57 Å². The molecule has 0 saturated heterocycles. The Labute approximate surface area is 199 Å². The Kier molecular flexibility index (Phi) is 8.72. The monoisotopic (exact) mass is 482 g/mol. The fraction of sp³-hybridized carbons (Fsp3) is 0.409. The van der Waals surface area contributed by atoms with Gasteiger partial charge in [0.15, 0.2) is 5.78 Å². The number of para-hydroxylation sites is 1. The van der Waals surface area contributed by atoms with Crippen LogP contribution in [0.3, 0.4) is 0 Å². The number of imidazole rings is 1. The molecule has 10 heteroatoms. The van der Waals surface area contributed by atoms with E-state index < -0.39 is 6.16 Å². The maximum Gasteiger partial charge on any atom is 0.511 e. The fourth-order valence-electron chi connectivity index (χ4n) is 4.25. The first kappa shape index (κ1) is 25.7.